The lowest BCUT2D eigenvalue weighted by molar-refractivity contribution is -0.116. The highest BCUT2D eigenvalue weighted by Crippen LogP contribution is 2.16. The third-order valence-corrected chi connectivity index (χ3v) is 3.79. The van der Waals surface area contributed by atoms with Gasteiger partial charge in [-0.25, -0.2) is 9.97 Å². The molecule has 0 aliphatic rings. The van der Waals surface area contributed by atoms with Crippen LogP contribution in [-0.2, 0) is 11.3 Å². The van der Waals surface area contributed by atoms with Crippen LogP contribution in [0.2, 0.25) is 0 Å². The normalized spacial score (nSPS) is 11.2. The molecular formula is C17H15N5O. The van der Waals surface area contributed by atoms with Crippen LogP contribution in [-0.4, -0.2) is 25.4 Å². The number of para-hydroxylation sites is 4. The Morgan fingerprint density at radius 3 is 2.65 bits per heavy atom. The zero-order chi connectivity index (χ0) is 15.8. The van der Waals surface area contributed by atoms with E-state index in [-0.39, 0.29) is 12.5 Å². The summed E-state index contributed by atoms with van der Waals surface area (Å²) >= 11 is 0. The van der Waals surface area contributed by atoms with Crippen LogP contribution in [0.3, 0.4) is 0 Å². The van der Waals surface area contributed by atoms with Crippen molar-refractivity contribution in [2.45, 2.75) is 13.5 Å². The SMILES string of the molecule is Cc1nc2ccccc2n1CC(=O)Nc1nc2ccccc2[nH]1. The van der Waals surface area contributed by atoms with E-state index in [1.807, 2.05) is 60.0 Å². The number of hydrogen-bond donors (Lipinski definition) is 2. The number of anilines is 1. The lowest BCUT2D eigenvalue weighted by Gasteiger charge is -2.06. The number of aromatic amines is 1. The number of nitrogens with zero attached hydrogens (tertiary/aromatic N) is 3. The Bertz CT molecular complexity index is 981. The van der Waals surface area contributed by atoms with E-state index in [4.69, 9.17) is 0 Å². The topological polar surface area (TPSA) is 75.6 Å². The lowest BCUT2D eigenvalue weighted by Crippen LogP contribution is -2.20. The van der Waals surface area contributed by atoms with E-state index in [1.54, 1.807) is 0 Å². The summed E-state index contributed by atoms with van der Waals surface area (Å²) in [5.41, 5.74) is 3.56. The number of benzene rings is 2. The molecule has 0 unspecified atom stereocenters. The van der Waals surface area contributed by atoms with E-state index >= 15 is 0 Å². The number of hydrogen-bond acceptors (Lipinski definition) is 3. The fraction of sp³-hybridized carbons (Fsp3) is 0.118. The van der Waals surface area contributed by atoms with Crippen molar-refractivity contribution < 1.29 is 4.79 Å². The van der Waals surface area contributed by atoms with Gasteiger partial charge in [-0.2, -0.15) is 0 Å². The highest BCUT2D eigenvalue weighted by Gasteiger charge is 2.12. The molecule has 0 fully saturated rings. The van der Waals surface area contributed by atoms with Gasteiger partial charge >= 0.3 is 0 Å². The largest absolute Gasteiger partial charge is 0.324 e. The number of carbonyl (C=O) groups excluding carboxylic acids is 1. The van der Waals surface area contributed by atoms with E-state index in [1.165, 1.54) is 0 Å². The molecule has 0 radical (unpaired) electrons. The molecule has 0 atom stereocenters. The van der Waals surface area contributed by atoms with E-state index in [2.05, 4.69) is 20.3 Å². The number of rotatable bonds is 3. The number of aryl methyl sites for hydroxylation is 1. The monoisotopic (exact) mass is 305 g/mol. The minimum Gasteiger partial charge on any atom is -0.324 e. The van der Waals surface area contributed by atoms with Crippen molar-refractivity contribution in [3.63, 3.8) is 0 Å². The number of amides is 1. The Morgan fingerprint density at radius 2 is 1.83 bits per heavy atom. The first-order valence-corrected chi connectivity index (χ1v) is 7.37. The summed E-state index contributed by atoms with van der Waals surface area (Å²) in [6.45, 7) is 2.10. The van der Waals surface area contributed by atoms with Crippen LogP contribution in [0.1, 0.15) is 5.82 Å². The Kier molecular flexibility index (Phi) is 3.08. The lowest BCUT2D eigenvalue weighted by atomic mass is 10.3. The third-order valence-electron chi connectivity index (χ3n) is 3.79. The molecule has 6 heteroatoms. The second kappa shape index (κ2) is 5.24. The first-order valence-electron chi connectivity index (χ1n) is 7.37. The molecule has 2 heterocycles. The second-order valence-electron chi connectivity index (χ2n) is 5.38. The van der Waals surface area contributed by atoms with Crippen LogP contribution in [0.4, 0.5) is 5.95 Å². The number of aromatic nitrogens is 4. The van der Waals surface area contributed by atoms with E-state index < -0.39 is 0 Å². The Morgan fingerprint density at radius 1 is 1.09 bits per heavy atom. The summed E-state index contributed by atoms with van der Waals surface area (Å²) < 4.78 is 1.90. The van der Waals surface area contributed by atoms with Gasteiger partial charge in [0.25, 0.3) is 0 Å². The molecule has 4 rings (SSSR count). The summed E-state index contributed by atoms with van der Waals surface area (Å²) in [7, 11) is 0. The zero-order valence-corrected chi connectivity index (χ0v) is 12.6. The van der Waals surface area contributed by atoms with Gasteiger partial charge in [0.2, 0.25) is 11.9 Å². The Labute approximate surface area is 132 Å². The number of fused-ring (bicyclic) bond motifs is 2. The maximum Gasteiger partial charge on any atom is 0.246 e. The maximum atomic E-state index is 12.3. The fourth-order valence-corrected chi connectivity index (χ4v) is 2.72. The van der Waals surface area contributed by atoms with Crippen molar-refractivity contribution in [1.82, 2.24) is 19.5 Å². The summed E-state index contributed by atoms with van der Waals surface area (Å²) in [6.07, 6.45) is 0. The number of carbonyl (C=O) groups is 1. The van der Waals surface area contributed by atoms with Crippen LogP contribution in [0.15, 0.2) is 48.5 Å². The molecule has 0 saturated heterocycles. The molecule has 23 heavy (non-hydrogen) atoms. The molecule has 4 aromatic rings. The van der Waals surface area contributed by atoms with Crippen LogP contribution in [0.5, 0.6) is 0 Å². The quantitative estimate of drug-likeness (QED) is 0.611. The molecule has 2 N–H and O–H groups in total. The number of H-pyrrole nitrogens is 1. The average Bonchev–Trinajstić information content (AvgIpc) is 3.08. The van der Waals surface area contributed by atoms with Crippen molar-refractivity contribution in [3.05, 3.63) is 54.4 Å². The molecule has 2 aromatic carbocycles. The second-order valence-corrected chi connectivity index (χ2v) is 5.38. The van der Waals surface area contributed by atoms with Gasteiger partial charge in [-0.15, -0.1) is 0 Å². The van der Waals surface area contributed by atoms with Crippen molar-refractivity contribution in [2.24, 2.45) is 0 Å². The first kappa shape index (κ1) is 13.5. The van der Waals surface area contributed by atoms with Crippen LogP contribution in [0.25, 0.3) is 22.1 Å². The standard InChI is InChI=1S/C17H15N5O/c1-11-18-14-8-4-5-9-15(14)22(11)10-16(23)21-17-19-12-6-2-3-7-13(12)20-17/h2-9H,10H2,1H3,(H2,19,20,21,23). The molecule has 6 nitrogen and oxygen atoms in total. The van der Waals surface area contributed by atoms with Gasteiger partial charge in [0.05, 0.1) is 22.1 Å². The molecule has 0 spiro atoms. The Balaban J connectivity index is 1.58. The number of imidazole rings is 2. The third kappa shape index (κ3) is 2.44. The molecule has 0 aliphatic heterocycles. The number of nitrogens with one attached hydrogen (secondary N) is 2. The molecule has 0 bridgehead atoms. The predicted molar refractivity (Wildman–Crippen MR) is 89.2 cm³/mol. The molecular weight excluding hydrogens is 290 g/mol. The molecule has 0 saturated carbocycles. The van der Waals surface area contributed by atoms with E-state index in [0.717, 1.165) is 27.9 Å². The molecule has 1 amide bonds. The molecule has 114 valence electrons. The van der Waals surface area contributed by atoms with Gasteiger partial charge in [-0.05, 0) is 31.2 Å². The Hall–Kier alpha value is -3.15. The van der Waals surface area contributed by atoms with Gasteiger partial charge in [0.1, 0.15) is 12.4 Å². The van der Waals surface area contributed by atoms with Crippen LogP contribution in [0, 0.1) is 6.92 Å². The molecule has 0 aliphatic carbocycles. The van der Waals surface area contributed by atoms with E-state index in [0.29, 0.717) is 5.95 Å². The van der Waals surface area contributed by atoms with Gasteiger partial charge in [-0.3, -0.25) is 10.1 Å². The van der Waals surface area contributed by atoms with Crippen molar-refractivity contribution in [2.75, 3.05) is 5.32 Å². The smallest absolute Gasteiger partial charge is 0.246 e. The summed E-state index contributed by atoms with van der Waals surface area (Å²) in [4.78, 5) is 24.2. The van der Waals surface area contributed by atoms with Crippen molar-refractivity contribution in [1.29, 1.82) is 0 Å². The summed E-state index contributed by atoms with van der Waals surface area (Å²) in [5.74, 6) is 1.12. The van der Waals surface area contributed by atoms with Gasteiger partial charge in [-0.1, -0.05) is 24.3 Å². The van der Waals surface area contributed by atoms with Crippen LogP contribution >= 0.6 is 0 Å². The average molecular weight is 305 g/mol. The minimum atomic E-state index is -0.143. The van der Waals surface area contributed by atoms with E-state index in [9.17, 15) is 4.79 Å². The highest BCUT2D eigenvalue weighted by molar-refractivity contribution is 5.92. The highest BCUT2D eigenvalue weighted by atomic mass is 16.2. The molecule has 2 aromatic heterocycles. The summed E-state index contributed by atoms with van der Waals surface area (Å²) in [5, 5.41) is 2.81. The van der Waals surface area contributed by atoms with Crippen molar-refractivity contribution in [3.8, 4) is 0 Å². The minimum absolute atomic E-state index is 0.143. The predicted octanol–water partition coefficient (Wildman–Crippen LogP) is 2.86. The zero-order valence-electron chi connectivity index (χ0n) is 12.6. The van der Waals surface area contributed by atoms with Gasteiger partial charge in [0.15, 0.2) is 0 Å². The van der Waals surface area contributed by atoms with Gasteiger partial charge < -0.3 is 9.55 Å². The van der Waals surface area contributed by atoms with Crippen molar-refractivity contribution >= 4 is 33.9 Å². The van der Waals surface area contributed by atoms with Crippen LogP contribution < -0.4 is 5.32 Å². The summed E-state index contributed by atoms with van der Waals surface area (Å²) in [6, 6.07) is 15.4. The fourth-order valence-electron chi connectivity index (χ4n) is 2.72. The first-order chi connectivity index (χ1) is 11.2. The maximum absolute atomic E-state index is 12.3. The van der Waals surface area contributed by atoms with Gasteiger partial charge in [0, 0.05) is 0 Å².